The van der Waals surface area contributed by atoms with Gasteiger partial charge in [-0.15, -0.1) is 0 Å². The monoisotopic (exact) mass is 359 g/mol. The van der Waals surface area contributed by atoms with Gasteiger partial charge in [-0.05, 0) is 6.07 Å². The van der Waals surface area contributed by atoms with Crippen LogP contribution in [0.2, 0.25) is 5.02 Å². The normalized spacial score (nSPS) is 13.9. The number of hydrogen-bond acceptors (Lipinski definition) is 7. The van der Waals surface area contributed by atoms with Gasteiger partial charge in [-0.25, -0.2) is 4.98 Å². The van der Waals surface area contributed by atoms with Crippen molar-refractivity contribution in [2.24, 2.45) is 0 Å². The minimum Gasteiger partial charge on any atom is -0.476 e. The van der Waals surface area contributed by atoms with Gasteiger partial charge < -0.3 is 20.7 Å². The molecule has 0 saturated heterocycles. The van der Waals surface area contributed by atoms with Crippen molar-refractivity contribution in [3.63, 3.8) is 0 Å². The molecule has 3 aromatic heterocycles. The summed E-state index contributed by atoms with van der Waals surface area (Å²) in [5.74, 6) is 1.67. The van der Waals surface area contributed by atoms with Gasteiger partial charge in [-0.3, -0.25) is 4.79 Å². The van der Waals surface area contributed by atoms with E-state index in [1.807, 2.05) is 0 Å². The third kappa shape index (κ3) is 2.78. The highest BCUT2D eigenvalue weighted by molar-refractivity contribution is 6.33. The zero-order chi connectivity index (χ0) is 17.4. The first-order valence-electron chi connectivity index (χ1n) is 7.57. The lowest BCUT2D eigenvalue weighted by Crippen LogP contribution is -2.28. The van der Waals surface area contributed by atoms with Crippen molar-refractivity contribution in [2.75, 3.05) is 30.8 Å². The Bertz CT molecular complexity index is 972. The fourth-order valence-corrected chi connectivity index (χ4v) is 2.65. The number of pyridine rings is 1. The van der Waals surface area contributed by atoms with Crippen LogP contribution in [0.5, 0.6) is 5.88 Å². The van der Waals surface area contributed by atoms with Gasteiger partial charge in [0.25, 0.3) is 5.91 Å². The van der Waals surface area contributed by atoms with Crippen molar-refractivity contribution >= 4 is 40.6 Å². The minimum atomic E-state index is -0.276. The van der Waals surface area contributed by atoms with Gasteiger partial charge >= 0.3 is 0 Å². The Kier molecular flexibility index (Phi) is 3.77. The van der Waals surface area contributed by atoms with Gasteiger partial charge in [-0.1, -0.05) is 11.6 Å². The van der Waals surface area contributed by atoms with Gasteiger partial charge in [-0.2, -0.15) is 14.6 Å². The van der Waals surface area contributed by atoms with E-state index in [0.717, 1.165) is 0 Å². The van der Waals surface area contributed by atoms with E-state index in [1.165, 1.54) is 6.20 Å². The number of amides is 1. The molecule has 4 rings (SSSR count). The number of nitrogens with one attached hydrogen (secondary N) is 3. The Morgan fingerprint density at radius 2 is 2.24 bits per heavy atom. The molecule has 10 heteroatoms. The predicted octanol–water partition coefficient (Wildman–Crippen LogP) is 1.69. The van der Waals surface area contributed by atoms with Gasteiger partial charge in [0.1, 0.15) is 23.8 Å². The summed E-state index contributed by atoms with van der Waals surface area (Å²) >= 11 is 6.21. The van der Waals surface area contributed by atoms with Crippen molar-refractivity contribution in [3.05, 3.63) is 35.0 Å². The molecule has 0 unspecified atom stereocenters. The van der Waals surface area contributed by atoms with E-state index in [1.54, 1.807) is 29.8 Å². The molecule has 4 bridgehead atoms. The third-order valence-corrected chi connectivity index (χ3v) is 3.98. The summed E-state index contributed by atoms with van der Waals surface area (Å²) in [5, 5.41) is 13.5. The summed E-state index contributed by atoms with van der Waals surface area (Å²) in [6, 6.07) is 5.10. The van der Waals surface area contributed by atoms with E-state index in [0.29, 0.717) is 46.1 Å². The second-order valence-corrected chi connectivity index (χ2v) is 5.69. The number of ether oxygens (including phenoxy) is 1. The lowest BCUT2D eigenvalue weighted by atomic mass is 10.3. The number of fused-ring (bicyclic) bond motifs is 3. The number of halogens is 1. The predicted molar refractivity (Wildman–Crippen MR) is 92.9 cm³/mol. The zero-order valence-corrected chi connectivity index (χ0v) is 14.0. The smallest absolute Gasteiger partial charge is 0.256 e. The average molecular weight is 360 g/mol. The summed E-state index contributed by atoms with van der Waals surface area (Å²) in [6.45, 7) is 0.596. The molecule has 25 heavy (non-hydrogen) atoms. The first-order valence-corrected chi connectivity index (χ1v) is 7.94. The van der Waals surface area contributed by atoms with E-state index in [-0.39, 0.29) is 12.5 Å². The lowest BCUT2D eigenvalue weighted by Gasteiger charge is -2.11. The van der Waals surface area contributed by atoms with Crippen LogP contribution in [0.25, 0.3) is 5.65 Å². The van der Waals surface area contributed by atoms with E-state index in [4.69, 9.17) is 16.3 Å². The molecule has 0 fully saturated rings. The fraction of sp³-hybridized carbons (Fsp3) is 0.200. The second-order valence-electron chi connectivity index (χ2n) is 5.28. The lowest BCUT2D eigenvalue weighted by molar-refractivity contribution is 0.0948. The molecule has 3 N–H and O–H groups in total. The van der Waals surface area contributed by atoms with Gasteiger partial charge in [0.2, 0.25) is 5.88 Å². The molecule has 0 spiro atoms. The Labute approximate surface area is 147 Å². The SMILES string of the molecule is CNc1cc2nc3c(cnn13)C(=O)NCCOc1ccc(Cl)c(n1)N2. The number of anilines is 3. The molecule has 0 aromatic carbocycles. The highest BCUT2D eigenvalue weighted by Crippen LogP contribution is 2.27. The summed E-state index contributed by atoms with van der Waals surface area (Å²) in [7, 11) is 1.76. The van der Waals surface area contributed by atoms with Crippen LogP contribution < -0.4 is 20.7 Å². The molecule has 1 aliphatic rings. The maximum Gasteiger partial charge on any atom is 0.256 e. The second kappa shape index (κ2) is 6.10. The number of carbonyl (C=O) groups excluding carboxylic acids is 1. The Morgan fingerprint density at radius 1 is 1.36 bits per heavy atom. The Hall–Kier alpha value is -3.07. The van der Waals surface area contributed by atoms with Crippen LogP contribution in [0, 0.1) is 0 Å². The number of hydrogen-bond donors (Lipinski definition) is 3. The molecule has 3 aromatic rings. The van der Waals surface area contributed by atoms with Gasteiger partial charge in [0.15, 0.2) is 11.5 Å². The Balaban J connectivity index is 1.90. The van der Waals surface area contributed by atoms with Gasteiger partial charge in [0, 0.05) is 19.2 Å². The molecule has 0 radical (unpaired) electrons. The topological polar surface area (TPSA) is 105 Å². The fourth-order valence-electron chi connectivity index (χ4n) is 2.49. The molecule has 9 nitrogen and oxygen atoms in total. The molecule has 0 atom stereocenters. The van der Waals surface area contributed by atoms with Gasteiger partial charge in [0.05, 0.1) is 17.8 Å². The molecule has 1 aliphatic heterocycles. The van der Waals surface area contributed by atoms with Crippen LogP contribution in [0.3, 0.4) is 0 Å². The molecule has 0 aliphatic carbocycles. The molecule has 0 saturated carbocycles. The van der Waals surface area contributed by atoms with Crippen molar-refractivity contribution < 1.29 is 9.53 Å². The zero-order valence-electron chi connectivity index (χ0n) is 13.2. The van der Waals surface area contributed by atoms with Crippen molar-refractivity contribution in [2.45, 2.75) is 0 Å². The first kappa shape index (κ1) is 15.5. The molecule has 128 valence electrons. The van der Waals surface area contributed by atoms with E-state index in [2.05, 4.69) is 31.0 Å². The quantitative estimate of drug-likeness (QED) is 0.607. The summed E-state index contributed by atoms with van der Waals surface area (Å²) in [5.41, 5.74) is 0.782. The largest absolute Gasteiger partial charge is 0.476 e. The number of carbonyl (C=O) groups is 1. The van der Waals surface area contributed by atoms with Crippen molar-refractivity contribution in [3.8, 4) is 5.88 Å². The maximum absolute atomic E-state index is 12.4. The van der Waals surface area contributed by atoms with Crippen LogP contribution in [0.15, 0.2) is 24.4 Å². The maximum atomic E-state index is 12.4. The molecule has 4 heterocycles. The molecule has 1 amide bonds. The number of rotatable bonds is 1. The summed E-state index contributed by atoms with van der Waals surface area (Å²) < 4.78 is 7.10. The molecular formula is C15H14ClN7O2. The van der Waals surface area contributed by atoms with Crippen molar-refractivity contribution in [1.29, 1.82) is 0 Å². The number of aromatic nitrogens is 4. The van der Waals surface area contributed by atoms with Crippen LogP contribution in [-0.2, 0) is 0 Å². The summed E-state index contributed by atoms with van der Waals surface area (Å²) in [4.78, 5) is 21.2. The third-order valence-electron chi connectivity index (χ3n) is 3.68. The average Bonchev–Trinajstić information content (AvgIpc) is 3.04. The van der Waals surface area contributed by atoms with Crippen LogP contribution in [0.1, 0.15) is 10.4 Å². The van der Waals surface area contributed by atoms with Crippen LogP contribution in [0.4, 0.5) is 17.5 Å². The number of nitrogens with zero attached hydrogens (tertiary/aromatic N) is 4. The van der Waals surface area contributed by atoms with Crippen molar-refractivity contribution in [1.82, 2.24) is 24.9 Å². The molecular weight excluding hydrogens is 346 g/mol. The van der Waals surface area contributed by atoms with E-state index < -0.39 is 0 Å². The first-order chi connectivity index (χ1) is 12.2. The van der Waals surface area contributed by atoms with Crippen LogP contribution >= 0.6 is 11.6 Å². The highest BCUT2D eigenvalue weighted by atomic mass is 35.5. The highest BCUT2D eigenvalue weighted by Gasteiger charge is 2.18. The Morgan fingerprint density at radius 3 is 3.08 bits per heavy atom. The standard InChI is InChI=1S/C15H14ClN7O2/c1-17-11-6-10-20-13-9(16)2-3-12(22-13)25-5-4-18-15(24)8-7-19-23(11)14(8)21-10/h2-3,6-7,17H,4-5H2,1H3,(H,18,24)(H,20,21,22). The van der Waals surface area contributed by atoms with E-state index >= 15 is 0 Å². The van der Waals surface area contributed by atoms with Crippen LogP contribution in [-0.4, -0.2) is 45.7 Å². The minimum absolute atomic E-state index is 0.275. The van der Waals surface area contributed by atoms with E-state index in [9.17, 15) is 4.79 Å². The summed E-state index contributed by atoms with van der Waals surface area (Å²) in [6.07, 6.45) is 1.48.